The SMILES string of the molecule is CCCN1CCC(N(C)C(=O)c2ccc(S(=O)(=O)NCC)cc2)CC1. The van der Waals surface area contributed by atoms with Crippen LogP contribution >= 0.6 is 0 Å². The molecule has 0 saturated carbocycles. The number of nitrogens with one attached hydrogen (secondary N) is 1. The smallest absolute Gasteiger partial charge is 0.253 e. The van der Waals surface area contributed by atoms with Crippen LogP contribution < -0.4 is 4.72 Å². The Morgan fingerprint density at radius 3 is 2.32 bits per heavy atom. The van der Waals surface area contributed by atoms with E-state index >= 15 is 0 Å². The second kappa shape index (κ2) is 8.78. The Morgan fingerprint density at radius 1 is 1.20 bits per heavy atom. The minimum absolute atomic E-state index is 0.0543. The summed E-state index contributed by atoms with van der Waals surface area (Å²) >= 11 is 0. The Labute approximate surface area is 151 Å². The van der Waals surface area contributed by atoms with Gasteiger partial charge in [0.2, 0.25) is 10.0 Å². The topological polar surface area (TPSA) is 69.7 Å². The second-order valence-corrected chi connectivity index (χ2v) is 8.28. The molecule has 0 spiro atoms. The van der Waals surface area contributed by atoms with E-state index in [0.717, 1.165) is 38.9 Å². The molecule has 0 aliphatic carbocycles. The molecule has 6 nitrogen and oxygen atoms in total. The largest absolute Gasteiger partial charge is 0.339 e. The van der Waals surface area contributed by atoms with E-state index in [2.05, 4.69) is 16.5 Å². The lowest BCUT2D eigenvalue weighted by atomic mass is 10.0. The second-order valence-electron chi connectivity index (χ2n) is 6.51. The number of hydrogen-bond acceptors (Lipinski definition) is 4. The van der Waals surface area contributed by atoms with E-state index in [1.54, 1.807) is 24.0 Å². The van der Waals surface area contributed by atoms with Crippen molar-refractivity contribution in [1.29, 1.82) is 0 Å². The molecular formula is C18H29N3O3S. The van der Waals surface area contributed by atoms with E-state index in [1.807, 2.05) is 7.05 Å². The van der Waals surface area contributed by atoms with Crippen molar-refractivity contribution in [2.24, 2.45) is 0 Å². The first-order valence-corrected chi connectivity index (χ1v) is 10.5. The molecule has 0 aromatic heterocycles. The van der Waals surface area contributed by atoms with E-state index in [4.69, 9.17) is 0 Å². The van der Waals surface area contributed by atoms with Gasteiger partial charge in [-0.3, -0.25) is 4.79 Å². The van der Waals surface area contributed by atoms with Gasteiger partial charge >= 0.3 is 0 Å². The van der Waals surface area contributed by atoms with E-state index in [0.29, 0.717) is 12.1 Å². The van der Waals surface area contributed by atoms with Crippen LogP contribution in [-0.4, -0.2) is 63.4 Å². The zero-order valence-corrected chi connectivity index (χ0v) is 16.2. The van der Waals surface area contributed by atoms with E-state index in [9.17, 15) is 13.2 Å². The standard InChI is InChI=1S/C18H29N3O3S/c1-4-12-21-13-10-16(11-14-21)20(3)18(22)15-6-8-17(9-7-15)25(23,24)19-5-2/h6-9,16,19H,4-5,10-14H2,1-3H3. The molecule has 1 aliphatic rings. The van der Waals surface area contributed by atoms with Gasteiger partial charge in [-0.2, -0.15) is 0 Å². The quantitative estimate of drug-likeness (QED) is 0.799. The number of amides is 1. The van der Waals surface area contributed by atoms with E-state index in [-0.39, 0.29) is 16.8 Å². The van der Waals surface area contributed by atoms with Gasteiger partial charge in [-0.15, -0.1) is 0 Å². The van der Waals surface area contributed by atoms with Gasteiger partial charge in [0.15, 0.2) is 0 Å². The van der Waals surface area contributed by atoms with Crippen LogP contribution in [0.5, 0.6) is 0 Å². The molecule has 2 rings (SSSR count). The molecule has 0 unspecified atom stereocenters. The molecule has 0 atom stereocenters. The van der Waals surface area contributed by atoms with Crippen LogP contribution in [0.4, 0.5) is 0 Å². The van der Waals surface area contributed by atoms with Crippen LogP contribution in [0, 0.1) is 0 Å². The van der Waals surface area contributed by atoms with E-state index in [1.165, 1.54) is 12.1 Å². The third-order valence-corrected chi connectivity index (χ3v) is 6.27. The predicted octanol–water partition coefficient (Wildman–Crippen LogP) is 1.93. The van der Waals surface area contributed by atoms with Crippen molar-refractivity contribution in [3.8, 4) is 0 Å². The molecular weight excluding hydrogens is 338 g/mol. The van der Waals surface area contributed by atoms with Crippen LogP contribution in [0.15, 0.2) is 29.2 Å². The number of likely N-dealkylation sites (tertiary alicyclic amines) is 1. The third-order valence-electron chi connectivity index (χ3n) is 4.71. The molecule has 0 radical (unpaired) electrons. The van der Waals surface area contributed by atoms with Crippen molar-refractivity contribution in [2.45, 2.75) is 44.0 Å². The Balaban J connectivity index is 2.00. The highest BCUT2D eigenvalue weighted by Crippen LogP contribution is 2.19. The Kier molecular flexibility index (Phi) is 6.98. The molecule has 1 heterocycles. The molecule has 1 aromatic carbocycles. The maximum absolute atomic E-state index is 12.7. The van der Waals surface area contributed by atoms with Crippen LogP contribution in [0.1, 0.15) is 43.5 Å². The Bertz CT molecular complexity index is 665. The molecule has 140 valence electrons. The summed E-state index contributed by atoms with van der Waals surface area (Å²) in [4.78, 5) is 17.1. The number of benzene rings is 1. The maximum atomic E-state index is 12.7. The van der Waals surface area contributed by atoms with E-state index < -0.39 is 10.0 Å². The monoisotopic (exact) mass is 367 g/mol. The number of nitrogens with zero attached hydrogens (tertiary/aromatic N) is 2. The lowest BCUT2D eigenvalue weighted by Crippen LogP contribution is -2.45. The summed E-state index contributed by atoms with van der Waals surface area (Å²) in [5.41, 5.74) is 0.522. The minimum atomic E-state index is -3.49. The number of hydrogen-bond donors (Lipinski definition) is 1. The summed E-state index contributed by atoms with van der Waals surface area (Å²) in [6.07, 6.45) is 3.12. The summed E-state index contributed by atoms with van der Waals surface area (Å²) in [6.45, 7) is 7.42. The highest BCUT2D eigenvalue weighted by molar-refractivity contribution is 7.89. The van der Waals surface area contributed by atoms with Gasteiger partial charge in [-0.25, -0.2) is 13.1 Å². The first-order valence-electron chi connectivity index (χ1n) is 8.98. The number of rotatable bonds is 7. The first kappa shape index (κ1) is 19.9. The number of piperidine rings is 1. The summed E-state index contributed by atoms with van der Waals surface area (Å²) in [5.74, 6) is -0.0543. The van der Waals surface area contributed by atoms with Crippen molar-refractivity contribution in [2.75, 3.05) is 33.2 Å². The summed E-state index contributed by atoms with van der Waals surface area (Å²) in [6, 6.07) is 6.40. The number of carbonyl (C=O) groups is 1. The zero-order chi connectivity index (χ0) is 18.4. The average Bonchev–Trinajstić information content (AvgIpc) is 2.61. The van der Waals surface area contributed by atoms with Crippen LogP contribution in [0.2, 0.25) is 0 Å². The highest BCUT2D eigenvalue weighted by atomic mass is 32.2. The maximum Gasteiger partial charge on any atom is 0.253 e. The lowest BCUT2D eigenvalue weighted by Gasteiger charge is -2.36. The summed E-state index contributed by atoms with van der Waals surface area (Å²) < 4.78 is 26.4. The lowest BCUT2D eigenvalue weighted by molar-refractivity contribution is 0.0642. The average molecular weight is 368 g/mol. The predicted molar refractivity (Wildman–Crippen MR) is 99.2 cm³/mol. The van der Waals surface area contributed by atoms with Crippen molar-refractivity contribution < 1.29 is 13.2 Å². The van der Waals surface area contributed by atoms with Gasteiger partial charge in [-0.1, -0.05) is 13.8 Å². The van der Waals surface area contributed by atoms with Crippen LogP contribution in [-0.2, 0) is 10.0 Å². The van der Waals surface area contributed by atoms with Crippen molar-refractivity contribution in [1.82, 2.24) is 14.5 Å². The Hall–Kier alpha value is -1.44. The molecule has 1 aliphatic heterocycles. The van der Waals surface area contributed by atoms with Crippen molar-refractivity contribution in [3.05, 3.63) is 29.8 Å². The number of carbonyl (C=O) groups excluding carboxylic acids is 1. The molecule has 1 N–H and O–H groups in total. The highest BCUT2D eigenvalue weighted by Gasteiger charge is 2.26. The molecule has 1 amide bonds. The normalized spacial score (nSPS) is 16.8. The fraction of sp³-hybridized carbons (Fsp3) is 0.611. The zero-order valence-electron chi connectivity index (χ0n) is 15.4. The van der Waals surface area contributed by atoms with Gasteiger partial charge in [0.05, 0.1) is 4.90 Å². The fourth-order valence-corrected chi connectivity index (χ4v) is 4.31. The van der Waals surface area contributed by atoms with Gasteiger partial charge in [0.1, 0.15) is 0 Å². The van der Waals surface area contributed by atoms with Gasteiger partial charge in [0.25, 0.3) is 5.91 Å². The first-order chi connectivity index (χ1) is 11.9. The summed E-state index contributed by atoms with van der Waals surface area (Å²) in [7, 11) is -1.65. The van der Waals surface area contributed by atoms with Gasteiger partial charge < -0.3 is 9.80 Å². The Morgan fingerprint density at radius 2 is 1.80 bits per heavy atom. The molecule has 25 heavy (non-hydrogen) atoms. The third kappa shape index (κ3) is 5.03. The van der Waals surface area contributed by atoms with Gasteiger partial charge in [0, 0.05) is 38.3 Å². The molecule has 1 fully saturated rings. The summed E-state index contributed by atoms with van der Waals surface area (Å²) in [5, 5.41) is 0. The van der Waals surface area contributed by atoms with Crippen LogP contribution in [0.25, 0.3) is 0 Å². The van der Waals surface area contributed by atoms with Crippen molar-refractivity contribution >= 4 is 15.9 Å². The fourth-order valence-electron chi connectivity index (χ4n) is 3.27. The molecule has 7 heteroatoms. The molecule has 1 saturated heterocycles. The minimum Gasteiger partial charge on any atom is -0.339 e. The molecule has 0 bridgehead atoms. The van der Waals surface area contributed by atoms with Crippen molar-refractivity contribution in [3.63, 3.8) is 0 Å². The number of sulfonamides is 1. The molecule has 1 aromatic rings. The van der Waals surface area contributed by atoms with Crippen LogP contribution in [0.3, 0.4) is 0 Å². The van der Waals surface area contributed by atoms with Gasteiger partial charge in [-0.05, 0) is 50.1 Å².